The molecule has 2 heterocycles. The van der Waals surface area contributed by atoms with Crippen molar-refractivity contribution in [2.24, 2.45) is 5.73 Å². The lowest BCUT2D eigenvalue weighted by molar-refractivity contribution is -0.136. The molecule has 236 valence electrons. The van der Waals surface area contributed by atoms with Gasteiger partial charge in [-0.1, -0.05) is 0 Å². The number of nitrogens with two attached hydrogens (primary N) is 1. The van der Waals surface area contributed by atoms with E-state index >= 15 is 0 Å². The number of anilines is 1. The Bertz CT molecular complexity index is 1020. The molecule has 1 atom stereocenters. The van der Waals surface area contributed by atoms with Gasteiger partial charge in [-0.25, -0.2) is 0 Å². The van der Waals surface area contributed by atoms with Gasteiger partial charge in [-0.2, -0.15) is 0 Å². The number of carbonyl (C=O) groups excluding carboxylic acids is 4. The Labute approximate surface area is 251 Å². The molecule has 0 saturated carbocycles. The molecular weight excluding hydrogens is 576 g/mol. The summed E-state index contributed by atoms with van der Waals surface area (Å²) < 4.78 is 32.4. The topological polar surface area (TPSA) is 177 Å². The van der Waals surface area contributed by atoms with Crippen molar-refractivity contribution >= 4 is 41.7 Å². The Morgan fingerprint density at radius 1 is 0.738 bits per heavy atom. The van der Waals surface area contributed by atoms with E-state index in [0.29, 0.717) is 98.1 Å². The zero-order valence-electron chi connectivity index (χ0n) is 23.6. The van der Waals surface area contributed by atoms with E-state index in [-0.39, 0.29) is 36.4 Å². The minimum atomic E-state index is -0.985. The highest BCUT2D eigenvalue weighted by atomic mass is 35.5. The van der Waals surface area contributed by atoms with E-state index in [1.54, 1.807) is 18.2 Å². The fraction of sp³-hybridized carbons (Fsp3) is 0.630. The molecule has 0 aromatic heterocycles. The number of halogens is 1. The smallest absolute Gasteiger partial charge is 0.262 e. The lowest BCUT2D eigenvalue weighted by Gasteiger charge is -2.27. The van der Waals surface area contributed by atoms with Gasteiger partial charge in [0.25, 0.3) is 11.8 Å². The largest absolute Gasteiger partial charge is 0.383 e. The third kappa shape index (κ3) is 11.5. The molecule has 1 aromatic rings. The van der Waals surface area contributed by atoms with Crippen molar-refractivity contribution in [1.29, 1.82) is 0 Å². The van der Waals surface area contributed by atoms with Crippen molar-refractivity contribution < 1.29 is 47.6 Å². The van der Waals surface area contributed by atoms with Gasteiger partial charge in [0.2, 0.25) is 11.8 Å². The number of benzene rings is 1. The summed E-state index contributed by atoms with van der Waals surface area (Å²) in [4.78, 5) is 50.2. The Balaban J connectivity index is 0.00000616. The van der Waals surface area contributed by atoms with Gasteiger partial charge in [-0.15, -0.1) is 12.4 Å². The first-order valence-corrected chi connectivity index (χ1v) is 13.8. The van der Waals surface area contributed by atoms with Gasteiger partial charge in [0.15, 0.2) is 0 Å². The highest BCUT2D eigenvalue weighted by Gasteiger charge is 2.44. The van der Waals surface area contributed by atoms with Crippen LogP contribution in [0.3, 0.4) is 0 Å². The monoisotopic (exact) mass is 616 g/mol. The lowest BCUT2D eigenvalue weighted by Crippen LogP contribution is -2.54. The van der Waals surface area contributed by atoms with Gasteiger partial charge in [-0.05, 0) is 24.6 Å². The maximum absolute atomic E-state index is 12.9. The minimum absolute atomic E-state index is 0. The Kier molecular flexibility index (Phi) is 17.1. The van der Waals surface area contributed by atoms with Crippen molar-refractivity contribution in [1.82, 2.24) is 10.2 Å². The number of ether oxygens (including phenoxy) is 6. The maximum atomic E-state index is 12.9. The first-order valence-electron chi connectivity index (χ1n) is 13.8. The standard InChI is InChI=1S/C27H40N4O10.ClH/c28-5-7-36-9-11-38-13-15-40-17-18-41-16-14-39-12-10-37-8-6-29-20-1-2-21-22(19-20)27(35)31(26(21)34)23-3-4-24(32)30-25(23)33;/h1-2,19,23,29H,3-18,28H2,(H,30,32,33);1H. The third-order valence-electron chi connectivity index (χ3n) is 6.14. The van der Waals surface area contributed by atoms with E-state index in [1.165, 1.54) is 0 Å². The van der Waals surface area contributed by atoms with Crippen LogP contribution >= 0.6 is 12.4 Å². The van der Waals surface area contributed by atoms with Crippen molar-refractivity contribution in [3.8, 4) is 0 Å². The maximum Gasteiger partial charge on any atom is 0.262 e. The molecule has 3 rings (SSSR count). The normalized spacial score (nSPS) is 16.4. The number of fused-ring (bicyclic) bond motifs is 1. The number of hydrogen-bond donors (Lipinski definition) is 3. The van der Waals surface area contributed by atoms with Crippen molar-refractivity contribution in [2.75, 3.05) is 97.7 Å². The minimum Gasteiger partial charge on any atom is -0.383 e. The Morgan fingerprint density at radius 3 is 1.76 bits per heavy atom. The molecular formula is C27H41ClN4O10. The second kappa shape index (κ2) is 20.3. The number of nitrogens with one attached hydrogen (secondary N) is 2. The molecule has 0 spiro atoms. The molecule has 0 aliphatic carbocycles. The summed E-state index contributed by atoms with van der Waals surface area (Å²) in [6.45, 7) is 6.69. The van der Waals surface area contributed by atoms with E-state index in [0.717, 1.165) is 4.90 Å². The molecule has 0 radical (unpaired) electrons. The zero-order chi connectivity index (χ0) is 29.3. The molecule has 1 saturated heterocycles. The summed E-state index contributed by atoms with van der Waals surface area (Å²) in [6, 6.07) is 3.86. The summed E-state index contributed by atoms with van der Waals surface area (Å²) in [6.07, 6.45) is 0.199. The summed E-state index contributed by atoms with van der Waals surface area (Å²) in [5.74, 6) is -2.12. The summed E-state index contributed by atoms with van der Waals surface area (Å²) in [5, 5.41) is 5.34. The van der Waals surface area contributed by atoms with E-state index in [9.17, 15) is 19.2 Å². The molecule has 0 bridgehead atoms. The Morgan fingerprint density at radius 2 is 1.24 bits per heavy atom. The van der Waals surface area contributed by atoms with Crippen LogP contribution in [0.1, 0.15) is 33.6 Å². The van der Waals surface area contributed by atoms with Gasteiger partial charge in [0.05, 0.1) is 90.4 Å². The average molecular weight is 617 g/mol. The first-order chi connectivity index (χ1) is 20.0. The number of carbonyl (C=O) groups is 4. The van der Waals surface area contributed by atoms with Crippen LogP contribution in [0.15, 0.2) is 18.2 Å². The van der Waals surface area contributed by atoms with Gasteiger partial charge in [0.1, 0.15) is 6.04 Å². The molecule has 1 unspecified atom stereocenters. The molecule has 2 aliphatic heterocycles. The van der Waals surface area contributed by atoms with Crippen molar-refractivity contribution in [3.05, 3.63) is 29.3 Å². The molecule has 2 aliphatic rings. The number of amides is 4. The second-order valence-corrected chi connectivity index (χ2v) is 9.10. The quantitative estimate of drug-likeness (QED) is 0.117. The van der Waals surface area contributed by atoms with Crippen LogP contribution in [0.2, 0.25) is 0 Å². The SMILES string of the molecule is Cl.NCCOCCOCCOCCOCCOCCOCCNc1ccc2c(c1)C(=O)N(C1CCC(=O)NC1=O)C2=O. The van der Waals surface area contributed by atoms with E-state index in [2.05, 4.69) is 10.6 Å². The van der Waals surface area contributed by atoms with E-state index in [1.807, 2.05) is 0 Å². The van der Waals surface area contributed by atoms with Crippen LogP contribution in [-0.4, -0.2) is 127 Å². The van der Waals surface area contributed by atoms with Crippen molar-refractivity contribution in [3.63, 3.8) is 0 Å². The predicted octanol–water partition coefficient (Wildman–Crippen LogP) is -0.0202. The fourth-order valence-corrected chi connectivity index (χ4v) is 4.13. The number of nitrogens with zero attached hydrogens (tertiary/aromatic N) is 1. The number of rotatable bonds is 22. The molecule has 42 heavy (non-hydrogen) atoms. The van der Waals surface area contributed by atoms with Crippen LogP contribution in [-0.2, 0) is 38.0 Å². The van der Waals surface area contributed by atoms with Gasteiger partial charge < -0.3 is 39.5 Å². The van der Waals surface area contributed by atoms with Crippen LogP contribution in [0.4, 0.5) is 5.69 Å². The summed E-state index contributed by atoms with van der Waals surface area (Å²) in [5.41, 5.74) is 6.43. The molecule has 14 nitrogen and oxygen atoms in total. The van der Waals surface area contributed by atoms with Gasteiger partial charge in [0, 0.05) is 25.2 Å². The van der Waals surface area contributed by atoms with Crippen molar-refractivity contribution in [2.45, 2.75) is 18.9 Å². The number of imide groups is 2. The van der Waals surface area contributed by atoms with Gasteiger partial charge >= 0.3 is 0 Å². The second-order valence-electron chi connectivity index (χ2n) is 9.10. The molecule has 15 heteroatoms. The van der Waals surface area contributed by atoms with Crippen LogP contribution < -0.4 is 16.4 Å². The molecule has 4 N–H and O–H groups in total. The first kappa shape index (κ1) is 35.5. The molecule has 1 aromatic carbocycles. The van der Waals surface area contributed by atoms with Crippen LogP contribution in [0.25, 0.3) is 0 Å². The van der Waals surface area contributed by atoms with E-state index in [4.69, 9.17) is 34.2 Å². The molecule has 4 amide bonds. The van der Waals surface area contributed by atoms with E-state index < -0.39 is 29.7 Å². The fourth-order valence-electron chi connectivity index (χ4n) is 4.13. The van der Waals surface area contributed by atoms with Crippen LogP contribution in [0, 0.1) is 0 Å². The highest BCUT2D eigenvalue weighted by Crippen LogP contribution is 2.29. The zero-order valence-corrected chi connectivity index (χ0v) is 24.5. The summed E-state index contributed by atoms with van der Waals surface area (Å²) in [7, 11) is 0. The van der Waals surface area contributed by atoms with Crippen LogP contribution in [0.5, 0.6) is 0 Å². The summed E-state index contributed by atoms with van der Waals surface area (Å²) >= 11 is 0. The lowest BCUT2D eigenvalue weighted by atomic mass is 10.0. The van der Waals surface area contributed by atoms with Gasteiger partial charge in [-0.3, -0.25) is 29.4 Å². The molecule has 1 fully saturated rings. The highest BCUT2D eigenvalue weighted by molar-refractivity contribution is 6.23. The third-order valence-corrected chi connectivity index (χ3v) is 6.14. The number of piperidine rings is 1. The predicted molar refractivity (Wildman–Crippen MR) is 153 cm³/mol. The average Bonchev–Trinajstić information content (AvgIpc) is 3.21. The Hall–Kier alpha value is -2.69. The number of hydrogen-bond acceptors (Lipinski definition) is 12.